The molecule has 2 aliphatic rings. The van der Waals surface area contributed by atoms with Crippen molar-refractivity contribution in [1.82, 2.24) is 4.90 Å². The lowest BCUT2D eigenvalue weighted by Gasteiger charge is -2.32. The second-order valence-corrected chi connectivity index (χ2v) is 7.53. The third-order valence-electron chi connectivity index (χ3n) is 4.96. The second kappa shape index (κ2) is 8.16. The number of hydrogen-bond donors (Lipinski definition) is 0. The van der Waals surface area contributed by atoms with Crippen molar-refractivity contribution in [2.24, 2.45) is 5.92 Å². The van der Waals surface area contributed by atoms with Crippen molar-refractivity contribution in [2.45, 2.75) is 45.6 Å². The van der Waals surface area contributed by atoms with Crippen molar-refractivity contribution in [3.05, 3.63) is 29.6 Å². The largest absolute Gasteiger partial charge is 0.378 e. The molecule has 2 aliphatic heterocycles. The quantitative estimate of drug-likeness (QED) is 0.808. The Bertz CT molecular complexity index is 669. The molecule has 2 amide bonds. The summed E-state index contributed by atoms with van der Waals surface area (Å²) in [5, 5.41) is 0. The molecule has 0 unspecified atom stereocenters. The standard InChI is InChI=1S/C20H27FN2O3/c1-14(2)13-26-16-7-10-22(11-8-16)20(25)17-12-15(5-6-18(17)21)23-9-3-4-19(23)24/h5-6,12,14,16H,3-4,7-11,13H2,1-2H3. The van der Waals surface area contributed by atoms with Gasteiger partial charge in [-0.3, -0.25) is 9.59 Å². The van der Waals surface area contributed by atoms with Crippen LogP contribution in [0, 0.1) is 11.7 Å². The topological polar surface area (TPSA) is 49.9 Å². The minimum Gasteiger partial charge on any atom is -0.378 e. The Morgan fingerprint density at radius 1 is 1.27 bits per heavy atom. The summed E-state index contributed by atoms with van der Waals surface area (Å²) >= 11 is 0. The highest BCUT2D eigenvalue weighted by Gasteiger charge is 2.28. The highest BCUT2D eigenvalue weighted by Crippen LogP contribution is 2.25. The van der Waals surface area contributed by atoms with Crippen molar-refractivity contribution in [2.75, 3.05) is 31.1 Å². The van der Waals surface area contributed by atoms with Crippen LogP contribution in [0.5, 0.6) is 0 Å². The first-order chi connectivity index (χ1) is 12.5. The summed E-state index contributed by atoms with van der Waals surface area (Å²) in [4.78, 5) is 28.0. The molecule has 0 atom stereocenters. The molecule has 1 aromatic rings. The highest BCUT2D eigenvalue weighted by atomic mass is 19.1. The number of hydrogen-bond acceptors (Lipinski definition) is 3. The number of rotatable bonds is 5. The molecule has 26 heavy (non-hydrogen) atoms. The van der Waals surface area contributed by atoms with E-state index in [-0.39, 0.29) is 23.5 Å². The van der Waals surface area contributed by atoms with E-state index in [4.69, 9.17) is 4.74 Å². The van der Waals surface area contributed by atoms with E-state index < -0.39 is 5.82 Å². The van der Waals surface area contributed by atoms with Gasteiger partial charge < -0.3 is 14.5 Å². The average molecular weight is 362 g/mol. The molecule has 142 valence electrons. The van der Waals surface area contributed by atoms with Gasteiger partial charge in [0.05, 0.1) is 11.7 Å². The number of carbonyl (C=O) groups is 2. The number of carbonyl (C=O) groups excluding carboxylic acids is 2. The summed E-state index contributed by atoms with van der Waals surface area (Å²) in [6.07, 6.45) is 3.00. The predicted molar refractivity (Wildman–Crippen MR) is 97.7 cm³/mol. The number of ether oxygens (including phenoxy) is 1. The normalized spacial score (nSPS) is 18.8. The molecule has 5 nitrogen and oxygen atoms in total. The zero-order valence-electron chi connectivity index (χ0n) is 15.5. The molecule has 0 N–H and O–H groups in total. The van der Waals surface area contributed by atoms with Crippen molar-refractivity contribution in [3.8, 4) is 0 Å². The third kappa shape index (κ3) is 4.23. The van der Waals surface area contributed by atoms with Crippen molar-refractivity contribution >= 4 is 17.5 Å². The zero-order valence-corrected chi connectivity index (χ0v) is 15.5. The fourth-order valence-electron chi connectivity index (χ4n) is 3.49. The maximum atomic E-state index is 14.3. The van der Waals surface area contributed by atoms with Crippen LogP contribution in [0.1, 0.15) is 49.9 Å². The van der Waals surface area contributed by atoms with Gasteiger partial charge in [-0.25, -0.2) is 4.39 Å². The van der Waals surface area contributed by atoms with Crippen LogP contribution >= 0.6 is 0 Å². The lowest BCUT2D eigenvalue weighted by molar-refractivity contribution is -0.117. The SMILES string of the molecule is CC(C)COC1CCN(C(=O)c2cc(N3CCCC3=O)ccc2F)CC1. The van der Waals surface area contributed by atoms with Crippen LogP contribution < -0.4 is 4.90 Å². The summed E-state index contributed by atoms with van der Waals surface area (Å²) in [7, 11) is 0. The van der Waals surface area contributed by atoms with Gasteiger partial charge in [0.2, 0.25) is 5.91 Å². The molecular formula is C20H27FN2O3. The smallest absolute Gasteiger partial charge is 0.256 e. The van der Waals surface area contributed by atoms with E-state index in [9.17, 15) is 14.0 Å². The number of amides is 2. The highest BCUT2D eigenvalue weighted by molar-refractivity contribution is 5.99. The molecule has 3 rings (SSSR count). The Labute approximate surface area is 154 Å². The zero-order chi connectivity index (χ0) is 18.7. The van der Waals surface area contributed by atoms with E-state index in [0.29, 0.717) is 37.7 Å². The Balaban J connectivity index is 1.65. The van der Waals surface area contributed by atoms with Gasteiger partial charge in [-0.05, 0) is 43.4 Å². The maximum absolute atomic E-state index is 14.3. The number of anilines is 1. The molecule has 1 aromatic carbocycles. The average Bonchev–Trinajstić information content (AvgIpc) is 3.06. The van der Waals surface area contributed by atoms with Crippen molar-refractivity contribution < 1.29 is 18.7 Å². The fourth-order valence-corrected chi connectivity index (χ4v) is 3.49. The molecule has 0 aliphatic carbocycles. The van der Waals surface area contributed by atoms with E-state index in [1.165, 1.54) is 12.1 Å². The molecule has 6 heteroatoms. The Morgan fingerprint density at radius 3 is 2.62 bits per heavy atom. The monoisotopic (exact) mass is 362 g/mol. The van der Waals surface area contributed by atoms with Gasteiger partial charge in [0.25, 0.3) is 5.91 Å². The summed E-state index contributed by atoms with van der Waals surface area (Å²) in [6, 6.07) is 4.37. The van der Waals surface area contributed by atoms with Gasteiger partial charge in [-0.2, -0.15) is 0 Å². The molecule has 2 fully saturated rings. The van der Waals surface area contributed by atoms with Crippen LogP contribution in [0.4, 0.5) is 10.1 Å². The van der Waals surface area contributed by atoms with E-state index in [1.807, 2.05) is 0 Å². The second-order valence-electron chi connectivity index (χ2n) is 7.53. The van der Waals surface area contributed by atoms with Gasteiger partial charge in [0, 0.05) is 38.3 Å². The molecule has 0 spiro atoms. The van der Waals surface area contributed by atoms with E-state index in [2.05, 4.69) is 13.8 Å². The minimum atomic E-state index is -0.538. The summed E-state index contributed by atoms with van der Waals surface area (Å²) in [5.74, 6) is -0.334. The molecule has 2 heterocycles. The first-order valence-electron chi connectivity index (χ1n) is 9.46. The van der Waals surface area contributed by atoms with Gasteiger partial charge in [-0.15, -0.1) is 0 Å². The number of benzene rings is 1. The van der Waals surface area contributed by atoms with E-state index >= 15 is 0 Å². The molecular weight excluding hydrogens is 335 g/mol. The van der Waals surface area contributed by atoms with Gasteiger partial charge in [0.1, 0.15) is 5.82 Å². The molecule has 2 saturated heterocycles. The van der Waals surface area contributed by atoms with Crippen LogP contribution in [0.15, 0.2) is 18.2 Å². The predicted octanol–water partition coefficient (Wildman–Crippen LogP) is 3.23. The summed E-state index contributed by atoms with van der Waals surface area (Å²) < 4.78 is 20.1. The lowest BCUT2D eigenvalue weighted by atomic mass is 10.1. The first kappa shape index (κ1) is 18.8. The number of piperidine rings is 1. The van der Waals surface area contributed by atoms with Crippen molar-refractivity contribution in [3.63, 3.8) is 0 Å². The summed E-state index contributed by atoms with van der Waals surface area (Å²) in [6.45, 7) is 6.69. The van der Waals surface area contributed by atoms with Gasteiger partial charge in [0.15, 0.2) is 0 Å². The van der Waals surface area contributed by atoms with Crippen LogP contribution in [0.25, 0.3) is 0 Å². The summed E-state index contributed by atoms with van der Waals surface area (Å²) in [5.41, 5.74) is 0.649. The van der Waals surface area contributed by atoms with Crippen LogP contribution in [0.3, 0.4) is 0 Å². The number of likely N-dealkylation sites (tertiary alicyclic amines) is 1. The minimum absolute atomic E-state index is 0.0260. The lowest BCUT2D eigenvalue weighted by Crippen LogP contribution is -2.41. The fraction of sp³-hybridized carbons (Fsp3) is 0.600. The Hall–Kier alpha value is -1.95. The van der Waals surface area contributed by atoms with E-state index in [1.54, 1.807) is 15.9 Å². The van der Waals surface area contributed by atoms with Gasteiger partial charge in [-0.1, -0.05) is 13.8 Å². The molecule has 0 aromatic heterocycles. The Kier molecular flexibility index (Phi) is 5.91. The maximum Gasteiger partial charge on any atom is 0.256 e. The molecule has 0 bridgehead atoms. The van der Waals surface area contributed by atoms with Crippen LogP contribution in [-0.4, -0.2) is 49.1 Å². The first-order valence-corrected chi connectivity index (χ1v) is 9.46. The van der Waals surface area contributed by atoms with Crippen LogP contribution in [0.2, 0.25) is 0 Å². The molecule has 0 saturated carbocycles. The third-order valence-corrected chi connectivity index (χ3v) is 4.96. The van der Waals surface area contributed by atoms with Crippen LogP contribution in [-0.2, 0) is 9.53 Å². The van der Waals surface area contributed by atoms with Gasteiger partial charge >= 0.3 is 0 Å². The van der Waals surface area contributed by atoms with Crippen molar-refractivity contribution in [1.29, 1.82) is 0 Å². The Morgan fingerprint density at radius 2 is 2.00 bits per heavy atom. The number of nitrogens with zero attached hydrogens (tertiary/aromatic N) is 2. The number of halogens is 1. The van der Waals surface area contributed by atoms with E-state index in [0.717, 1.165) is 25.9 Å². The molecule has 0 radical (unpaired) electrons.